The number of rotatable bonds is 4. The van der Waals surface area contributed by atoms with E-state index >= 15 is 0 Å². The summed E-state index contributed by atoms with van der Waals surface area (Å²) in [4.78, 5) is 57.4. The zero-order valence-corrected chi connectivity index (χ0v) is 24.7. The summed E-state index contributed by atoms with van der Waals surface area (Å²) in [6.07, 6.45) is 4.92. The predicted octanol–water partition coefficient (Wildman–Crippen LogP) is 4.43. The van der Waals surface area contributed by atoms with Gasteiger partial charge in [-0.2, -0.15) is 0 Å². The van der Waals surface area contributed by atoms with E-state index in [2.05, 4.69) is 35.0 Å². The van der Waals surface area contributed by atoms with Crippen LogP contribution in [0.25, 0.3) is 5.57 Å². The second-order valence-electron chi connectivity index (χ2n) is 13.5. The van der Waals surface area contributed by atoms with Crippen LogP contribution in [-0.2, 0) is 20.9 Å². The number of carbonyl (C=O) groups excluding carboxylic acids is 4. The van der Waals surface area contributed by atoms with Gasteiger partial charge in [0.1, 0.15) is 11.9 Å². The molecule has 43 heavy (non-hydrogen) atoms. The molecular weight excluding hydrogens is 547 g/mol. The summed E-state index contributed by atoms with van der Waals surface area (Å²) in [7, 11) is 0. The molecule has 0 saturated carbocycles. The minimum atomic E-state index is -0.633. The molecular formula is C34H37FN4O4. The van der Waals surface area contributed by atoms with Crippen LogP contribution >= 0.6 is 0 Å². The van der Waals surface area contributed by atoms with Crippen molar-refractivity contribution in [3.8, 4) is 0 Å². The highest BCUT2D eigenvalue weighted by Crippen LogP contribution is 2.45. The van der Waals surface area contributed by atoms with Crippen LogP contribution in [0.5, 0.6) is 0 Å². The van der Waals surface area contributed by atoms with Crippen molar-refractivity contribution < 1.29 is 23.6 Å². The summed E-state index contributed by atoms with van der Waals surface area (Å²) < 4.78 is 13.7. The number of anilines is 1. The van der Waals surface area contributed by atoms with E-state index in [4.69, 9.17) is 0 Å². The predicted molar refractivity (Wildman–Crippen MR) is 159 cm³/mol. The molecule has 3 fully saturated rings. The topological polar surface area (TPSA) is 90.0 Å². The number of piperidine rings is 1. The van der Waals surface area contributed by atoms with Gasteiger partial charge in [-0.25, -0.2) is 4.39 Å². The van der Waals surface area contributed by atoms with Crippen LogP contribution < -0.4 is 10.2 Å². The lowest BCUT2D eigenvalue weighted by Gasteiger charge is -2.44. The molecule has 3 atom stereocenters. The molecule has 0 spiro atoms. The summed E-state index contributed by atoms with van der Waals surface area (Å²) in [6, 6.07) is 12.0. The number of hydrogen-bond acceptors (Lipinski definition) is 5. The molecule has 4 aliphatic heterocycles. The first kappa shape index (κ1) is 27.8. The van der Waals surface area contributed by atoms with E-state index in [1.165, 1.54) is 12.1 Å². The molecule has 5 aliphatic rings. The molecule has 3 unspecified atom stereocenters. The molecule has 4 amide bonds. The van der Waals surface area contributed by atoms with Crippen LogP contribution in [-0.4, -0.2) is 64.6 Å². The van der Waals surface area contributed by atoms with E-state index in [0.717, 1.165) is 73.2 Å². The quantitative estimate of drug-likeness (QED) is 0.538. The van der Waals surface area contributed by atoms with Crippen molar-refractivity contribution in [3.05, 3.63) is 70.5 Å². The van der Waals surface area contributed by atoms with Crippen LogP contribution in [0, 0.1) is 11.2 Å². The number of piperazine rings is 1. The van der Waals surface area contributed by atoms with Gasteiger partial charge in [0.2, 0.25) is 11.8 Å². The fourth-order valence-corrected chi connectivity index (χ4v) is 7.81. The smallest absolute Gasteiger partial charge is 0.255 e. The normalized spacial score (nSPS) is 26.6. The van der Waals surface area contributed by atoms with E-state index in [-0.39, 0.29) is 47.5 Å². The summed E-state index contributed by atoms with van der Waals surface area (Å²) in [6.45, 7) is 6.24. The number of amides is 4. The van der Waals surface area contributed by atoms with Crippen molar-refractivity contribution in [1.82, 2.24) is 15.1 Å². The molecule has 2 aromatic rings. The standard InChI is InChI=1S/C34H37FN4O4/c1-34(2)14-13-27(28(16-34)20-3-5-22(35)6-4-20)33(43)39-24-7-8-25(39)19-37(18-24)23-9-10-26-21(15-23)17-38(32(26)42)29-11-12-30(40)36-31(29)41/h3-6,9-10,15,24-25,29H,7-8,11-14,16-19H2,1-2H3,(H,36,40,41). The van der Waals surface area contributed by atoms with Crippen LogP contribution in [0.4, 0.5) is 10.1 Å². The zero-order valence-electron chi connectivity index (χ0n) is 24.7. The Hall–Kier alpha value is -4.01. The minimum absolute atomic E-state index is 0.0773. The number of carbonyl (C=O) groups is 4. The first-order valence-electron chi connectivity index (χ1n) is 15.4. The summed E-state index contributed by atoms with van der Waals surface area (Å²) in [5.41, 5.74) is 5.44. The van der Waals surface area contributed by atoms with Gasteiger partial charge < -0.3 is 14.7 Å². The fourth-order valence-electron chi connectivity index (χ4n) is 7.81. The van der Waals surface area contributed by atoms with E-state index in [0.29, 0.717) is 18.5 Å². The van der Waals surface area contributed by atoms with Crippen molar-refractivity contribution in [2.75, 3.05) is 18.0 Å². The molecule has 2 aromatic carbocycles. The molecule has 1 N–H and O–H groups in total. The van der Waals surface area contributed by atoms with Gasteiger partial charge in [0, 0.05) is 55.0 Å². The average Bonchev–Trinajstić information content (AvgIpc) is 3.44. The molecule has 9 heteroatoms. The Kier molecular flexibility index (Phi) is 6.67. The molecule has 1 aliphatic carbocycles. The molecule has 8 nitrogen and oxygen atoms in total. The van der Waals surface area contributed by atoms with E-state index < -0.39 is 11.9 Å². The maximum Gasteiger partial charge on any atom is 0.255 e. The number of fused-ring (bicyclic) bond motifs is 3. The molecule has 224 valence electrons. The number of halogens is 1. The first-order valence-corrected chi connectivity index (χ1v) is 15.4. The lowest BCUT2D eigenvalue weighted by molar-refractivity contribution is -0.137. The van der Waals surface area contributed by atoms with Crippen LogP contribution in [0.15, 0.2) is 48.0 Å². The molecule has 0 radical (unpaired) electrons. The van der Waals surface area contributed by atoms with Gasteiger partial charge in [0.15, 0.2) is 0 Å². The second kappa shape index (κ2) is 10.3. The number of benzene rings is 2. The third kappa shape index (κ3) is 4.92. The van der Waals surface area contributed by atoms with Gasteiger partial charge in [0.05, 0.1) is 0 Å². The Morgan fingerprint density at radius 1 is 0.953 bits per heavy atom. The van der Waals surface area contributed by atoms with Gasteiger partial charge in [-0.1, -0.05) is 26.0 Å². The average molecular weight is 585 g/mol. The van der Waals surface area contributed by atoms with Gasteiger partial charge in [-0.05, 0) is 91.0 Å². The van der Waals surface area contributed by atoms with Crippen LogP contribution in [0.2, 0.25) is 0 Å². The Morgan fingerprint density at radius 2 is 1.67 bits per heavy atom. The second-order valence-corrected chi connectivity index (χ2v) is 13.5. The maximum absolute atomic E-state index is 14.2. The fraction of sp³-hybridized carbons (Fsp3) is 0.471. The number of hydrogen-bond donors (Lipinski definition) is 1. The van der Waals surface area contributed by atoms with Crippen molar-refractivity contribution in [2.24, 2.45) is 5.41 Å². The van der Waals surface area contributed by atoms with Gasteiger partial charge in [-0.3, -0.25) is 24.5 Å². The van der Waals surface area contributed by atoms with Crippen molar-refractivity contribution in [2.45, 2.75) is 83.5 Å². The Balaban J connectivity index is 1.10. The Morgan fingerprint density at radius 3 is 2.37 bits per heavy atom. The third-order valence-corrected chi connectivity index (χ3v) is 10.1. The Labute approximate surface area is 250 Å². The van der Waals surface area contributed by atoms with E-state index in [1.54, 1.807) is 17.0 Å². The number of nitrogens with one attached hydrogen (secondary N) is 1. The van der Waals surface area contributed by atoms with E-state index in [1.807, 2.05) is 12.1 Å². The largest absolute Gasteiger partial charge is 0.367 e. The van der Waals surface area contributed by atoms with Crippen molar-refractivity contribution in [1.29, 1.82) is 0 Å². The first-order chi connectivity index (χ1) is 20.6. The summed E-state index contributed by atoms with van der Waals surface area (Å²) in [5.74, 6) is -1.03. The third-order valence-electron chi connectivity index (χ3n) is 10.1. The van der Waals surface area contributed by atoms with Gasteiger partial charge >= 0.3 is 0 Å². The zero-order chi connectivity index (χ0) is 30.0. The van der Waals surface area contributed by atoms with Gasteiger partial charge in [0.25, 0.3) is 11.8 Å². The van der Waals surface area contributed by atoms with Crippen molar-refractivity contribution >= 4 is 34.9 Å². The lowest BCUT2D eigenvalue weighted by atomic mass is 9.72. The highest BCUT2D eigenvalue weighted by Gasteiger charge is 2.45. The molecule has 3 saturated heterocycles. The molecule has 4 heterocycles. The Bertz CT molecular complexity index is 1550. The summed E-state index contributed by atoms with van der Waals surface area (Å²) in [5, 5.41) is 2.36. The number of allylic oxidation sites excluding steroid dienone is 1. The molecule has 7 rings (SSSR count). The molecule has 0 aromatic heterocycles. The van der Waals surface area contributed by atoms with E-state index in [9.17, 15) is 23.6 Å². The van der Waals surface area contributed by atoms with Gasteiger partial charge in [-0.15, -0.1) is 0 Å². The van der Waals surface area contributed by atoms with Crippen LogP contribution in [0.1, 0.15) is 80.3 Å². The number of imide groups is 1. The summed E-state index contributed by atoms with van der Waals surface area (Å²) >= 11 is 0. The highest BCUT2D eigenvalue weighted by atomic mass is 19.1. The van der Waals surface area contributed by atoms with Crippen molar-refractivity contribution in [3.63, 3.8) is 0 Å². The highest BCUT2D eigenvalue weighted by molar-refractivity contribution is 6.05. The lowest BCUT2D eigenvalue weighted by Crippen LogP contribution is -2.56. The minimum Gasteiger partial charge on any atom is -0.367 e. The number of nitrogens with zero attached hydrogens (tertiary/aromatic N) is 3. The van der Waals surface area contributed by atoms with Crippen LogP contribution in [0.3, 0.4) is 0 Å². The monoisotopic (exact) mass is 584 g/mol. The maximum atomic E-state index is 14.2. The SMILES string of the molecule is CC1(C)CCC(C(=O)N2C3CCC2CN(c2ccc4c(c2)CN(C2CCC(=O)NC2=O)C4=O)C3)=C(c2ccc(F)cc2)C1. The molecule has 2 bridgehead atoms.